The number of unbranched alkanes of at least 4 members (excludes halogenated alkanes) is 2. The molecular weight excluding hydrogens is 536 g/mol. The number of rotatable bonds is 10. The maximum atomic E-state index is 12.9. The molecule has 14 heteroatoms. The second-order valence-electron chi connectivity index (χ2n) is 8.25. The van der Waals surface area contributed by atoms with Crippen molar-refractivity contribution < 1.29 is 50.9 Å². The van der Waals surface area contributed by atoms with E-state index in [0.29, 0.717) is 19.5 Å². The second kappa shape index (κ2) is 17.2. The van der Waals surface area contributed by atoms with Gasteiger partial charge in [0, 0.05) is 13.1 Å². The number of hydrogen-bond donors (Lipinski definition) is 4. The van der Waals surface area contributed by atoms with Crippen LogP contribution in [0.25, 0.3) is 10.8 Å². The molecule has 0 saturated carbocycles. The van der Waals surface area contributed by atoms with Gasteiger partial charge in [-0.2, -0.15) is 26.3 Å². The molecule has 1 amide bonds. The molecule has 0 unspecified atom stereocenters. The lowest BCUT2D eigenvalue weighted by Crippen LogP contribution is -2.43. The Morgan fingerprint density at radius 3 is 1.87 bits per heavy atom. The lowest BCUT2D eigenvalue weighted by Gasteiger charge is -2.26. The minimum absolute atomic E-state index is 0.0541. The Bertz CT molecular complexity index is 1020. The van der Waals surface area contributed by atoms with Gasteiger partial charge in [-0.05, 0) is 42.1 Å². The van der Waals surface area contributed by atoms with Crippen molar-refractivity contribution in [3.63, 3.8) is 0 Å². The van der Waals surface area contributed by atoms with Gasteiger partial charge in [-0.25, -0.2) is 9.59 Å². The SMILES string of the molecule is CCCCN(Cc1cccc2ccccc12)C(=O)[C@@H](N)CCCCN.O=C(O)C(F)(F)F.O=C(O)C(F)(F)F. The number of carbonyl (C=O) groups excluding carboxylic acids is 1. The summed E-state index contributed by atoms with van der Waals surface area (Å²) in [4.78, 5) is 32.6. The highest BCUT2D eigenvalue weighted by molar-refractivity contribution is 5.87. The standard InChI is InChI=1S/C21H31N3O.2C2HF3O2/c1-2-3-15-24(21(25)20(23)13-6-7-14-22)16-18-11-8-10-17-9-4-5-12-19(17)18;2*3-2(4,5)1(6)7/h4-5,8-12,20H,2-3,6-7,13-16,22-23H2,1H3;2*(H,6,7)/t20-;;/m0../s1. The summed E-state index contributed by atoms with van der Waals surface area (Å²) in [5.74, 6) is -5.46. The van der Waals surface area contributed by atoms with Gasteiger partial charge < -0.3 is 26.6 Å². The number of aliphatic carboxylic acids is 2. The highest BCUT2D eigenvalue weighted by Gasteiger charge is 2.38. The van der Waals surface area contributed by atoms with Crippen LogP contribution in [0.15, 0.2) is 42.5 Å². The van der Waals surface area contributed by atoms with E-state index in [0.717, 1.165) is 32.2 Å². The number of amides is 1. The van der Waals surface area contributed by atoms with E-state index in [9.17, 15) is 31.1 Å². The molecule has 0 saturated heterocycles. The normalized spacial score (nSPS) is 11.9. The highest BCUT2D eigenvalue weighted by atomic mass is 19.4. The van der Waals surface area contributed by atoms with E-state index >= 15 is 0 Å². The van der Waals surface area contributed by atoms with Crippen LogP contribution in [0.1, 0.15) is 44.6 Å². The molecule has 2 rings (SSSR count). The summed E-state index contributed by atoms with van der Waals surface area (Å²) in [6.45, 7) is 4.16. The number of carboxylic acid groups (broad SMARTS) is 2. The minimum Gasteiger partial charge on any atom is -0.475 e. The molecule has 8 nitrogen and oxygen atoms in total. The maximum Gasteiger partial charge on any atom is 0.490 e. The van der Waals surface area contributed by atoms with Gasteiger partial charge in [0.1, 0.15) is 0 Å². The molecule has 0 aliphatic carbocycles. The van der Waals surface area contributed by atoms with Gasteiger partial charge in [-0.1, -0.05) is 62.2 Å². The van der Waals surface area contributed by atoms with Crippen molar-refractivity contribution in [3.8, 4) is 0 Å². The molecule has 220 valence electrons. The molecule has 2 aromatic rings. The van der Waals surface area contributed by atoms with E-state index in [1.165, 1.54) is 16.3 Å². The van der Waals surface area contributed by atoms with E-state index in [4.69, 9.17) is 31.3 Å². The zero-order valence-corrected chi connectivity index (χ0v) is 21.3. The Hall–Kier alpha value is -3.39. The molecule has 0 bridgehead atoms. The molecule has 0 spiro atoms. The largest absolute Gasteiger partial charge is 0.490 e. The Morgan fingerprint density at radius 1 is 0.872 bits per heavy atom. The number of alkyl halides is 6. The van der Waals surface area contributed by atoms with Crippen molar-refractivity contribution in [2.24, 2.45) is 11.5 Å². The molecule has 0 aliphatic rings. The second-order valence-corrected chi connectivity index (χ2v) is 8.25. The zero-order chi connectivity index (χ0) is 30.2. The first-order valence-corrected chi connectivity index (χ1v) is 11.9. The summed E-state index contributed by atoms with van der Waals surface area (Å²) in [5, 5.41) is 16.7. The first kappa shape index (κ1) is 35.6. The third-order valence-electron chi connectivity index (χ3n) is 5.11. The Labute approximate surface area is 221 Å². The molecule has 1 atom stereocenters. The van der Waals surface area contributed by atoms with Gasteiger partial charge in [-0.15, -0.1) is 0 Å². The van der Waals surface area contributed by atoms with Crippen LogP contribution >= 0.6 is 0 Å². The van der Waals surface area contributed by atoms with Gasteiger partial charge in [0.25, 0.3) is 0 Å². The number of halogens is 6. The number of carbonyl (C=O) groups is 3. The predicted octanol–water partition coefficient (Wildman–Crippen LogP) is 4.69. The van der Waals surface area contributed by atoms with Gasteiger partial charge in [0.15, 0.2) is 0 Å². The fourth-order valence-electron chi connectivity index (χ4n) is 3.12. The van der Waals surface area contributed by atoms with Crippen LogP contribution in [0.5, 0.6) is 0 Å². The molecule has 0 aliphatic heterocycles. The van der Waals surface area contributed by atoms with Crippen molar-refractivity contribution in [3.05, 3.63) is 48.0 Å². The number of nitrogens with zero attached hydrogens (tertiary/aromatic N) is 1. The number of nitrogens with two attached hydrogens (primary N) is 2. The van der Waals surface area contributed by atoms with Crippen molar-refractivity contribution >= 4 is 28.6 Å². The van der Waals surface area contributed by atoms with Crippen LogP contribution < -0.4 is 11.5 Å². The average Bonchev–Trinajstić information content (AvgIpc) is 2.86. The van der Waals surface area contributed by atoms with E-state index in [2.05, 4.69) is 37.3 Å². The summed E-state index contributed by atoms with van der Waals surface area (Å²) >= 11 is 0. The van der Waals surface area contributed by atoms with Crippen LogP contribution in [0.3, 0.4) is 0 Å². The van der Waals surface area contributed by atoms with Crippen LogP contribution in [-0.2, 0) is 20.9 Å². The lowest BCUT2D eigenvalue weighted by molar-refractivity contribution is -0.193. The quantitative estimate of drug-likeness (QED) is 0.240. The van der Waals surface area contributed by atoms with Gasteiger partial charge in [0.2, 0.25) is 5.91 Å². The molecule has 6 N–H and O–H groups in total. The summed E-state index contributed by atoms with van der Waals surface area (Å²) in [6.07, 6.45) is -5.60. The number of benzene rings is 2. The Balaban J connectivity index is 0.000000848. The predicted molar refractivity (Wildman–Crippen MR) is 133 cm³/mol. The van der Waals surface area contributed by atoms with Crippen LogP contribution in [0, 0.1) is 0 Å². The number of fused-ring (bicyclic) bond motifs is 1. The molecule has 2 aromatic carbocycles. The summed E-state index contributed by atoms with van der Waals surface area (Å²) < 4.78 is 63.5. The number of carboxylic acids is 2. The maximum absolute atomic E-state index is 12.9. The fourth-order valence-corrected chi connectivity index (χ4v) is 3.12. The average molecular weight is 570 g/mol. The van der Waals surface area contributed by atoms with Crippen molar-refractivity contribution in [2.75, 3.05) is 13.1 Å². The van der Waals surface area contributed by atoms with Gasteiger partial charge in [-0.3, -0.25) is 4.79 Å². The van der Waals surface area contributed by atoms with Gasteiger partial charge in [0.05, 0.1) is 6.04 Å². The summed E-state index contributed by atoms with van der Waals surface area (Å²) in [6, 6.07) is 14.1. The van der Waals surface area contributed by atoms with Crippen LogP contribution in [0.2, 0.25) is 0 Å². The summed E-state index contributed by atoms with van der Waals surface area (Å²) in [5.41, 5.74) is 12.9. The van der Waals surface area contributed by atoms with E-state index in [1.54, 1.807) is 0 Å². The highest BCUT2D eigenvalue weighted by Crippen LogP contribution is 2.21. The van der Waals surface area contributed by atoms with E-state index in [-0.39, 0.29) is 5.91 Å². The molecule has 0 fully saturated rings. The molecule has 0 aromatic heterocycles. The molecule has 0 heterocycles. The fraction of sp³-hybridized carbons (Fsp3) is 0.480. The molecule has 39 heavy (non-hydrogen) atoms. The monoisotopic (exact) mass is 569 g/mol. The first-order chi connectivity index (χ1) is 18.1. The minimum atomic E-state index is -5.08. The van der Waals surface area contributed by atoms with Crippen LogP contribution in [0.4, 0.5) is 26.3 Å². The lowest BCUT2D eigenvalue weighted by atomic mass is 10.0. The topological polar surface area (TPSA) is 147 Å². The Morgan fingerprint density at radius 2 is 1.38 bits per heavy atom. The third kappa shape index (κ3) is 14.4. The smallest absolute Gasteiger partial charge is 0.475 e. The number of hydrogen-bond acceptors (Lipinski definition) is 5. The van der Waals surface area contributed by atoms with E-state index in [1.807, 2.05) is 17.0 Å². The van der Waals surface area contributed by atoms with Crippen LogP contribution in [-0.4, -0.2) is 64.4 Å². The van der Waals surface area contributed by atoms with Crippen molar-refractivity contribution in [1.29, 1.82) is 0 Å². The van der Waals surface area contributed by atoms with Crippen molar-refractivity contribution in [1.82, 2.24) is 4.90 Å². The zero-order valence-electron chi connectivity index (χ0n) is 21.3. The molecule has 0 radical (unpaired) electrons. The molecular formula is C25H33F6N3O5. The van der Waals surface area contributed by atoms with Crippen molar-refractivity contribution in [2.45, 2.75) is 64.0 Å². The third-order valence-corrected chi connectivity index (χ3v) is 5.11. The van der Waals surface area contributed by atoms with E-state index < -0.39 is 30.3 Å². The Kier molecular flexibility index (Phi) is 15.7. The van der Waals surface area contributed by atoms with Gasteiger partial charge >= 0.3 is 24.3 Å². The summed E-state index contributed by atoms with van der Waals surface area (Å²) in [7, 11) is 0. The first-order valence-electron chi connectivity index (χ1n) is 11.9.